The van der Waals surface area contributed by atoms with Gasteiger partial charge in [0.2, 0.25) is 5.88 Å². The van der Waals surface area contributed by atoms with Gasteiger partial charge in [0.05, 0.1) is 23.9 Å². The molecule has 7 nitrogen and oxygen atoms in total. The van der Waals surface area contributed by atoms with Crippen molar-refractivity contribution >= 4 is 24.4 Å². The summed E-state index contributed by atoms with van der Waals surface area (Å²) in [7, 11) is 1.11. The van der Waals surface area contributed by atoms with Crippen molar-refractivity contribution in [3.05, 3.63) is 48.0 Å². The van der Waals surface area contributed by atoms with E-state index in [1.54, 1.807) is 49.6 Å². The number of nitrogens with zero attached hydrogens (tertiary/aromatic N) is 1. The standard InChI is InChI=1S/C13H17BO4.C6H8N2O/c1-12(2)13(3,4)18-14(17-12)10-7-5-9(6-8-10)11(15)16;1-9-6-4-2-3-5(7)8-6/h5-8H,1-4H3,(H,15,16);2-4H,1H3,(H2,7,8). The predicted octanol–water partition coefficient (Wildman–Crippen LogP) is 2.36. The van der Waals surface area contributed by atoms with Crippen molar-refractivity contribution in [3.8, 4) is 5.88 Å². The van der Waals surface area contributed by atoms with E-state index in [4.69, 9.17) is 24.9 Å². The van der Waals surface area contributed by atoms with Crippen LogP contribution in [0.15, 0.2) is 42.5 Å². The van der Waals surface area contributed by atoms with Crippen LogP contribution >= 0.6 is 0 Å². The van der Waals surface area contributed by atoms with Crippen LogP contribution in [-0.2, 0) is 9.31 Å². The summed E-state index contributed by atoms with van der Waals surface area (Å²) >= 11 is 0. The number of carboxylic acid groups (broad SMARTS) is 1. The molecule has 2 aromatic rings. The normalized spacial score (nSPS) is 17.0. The zero-order chi connectivity index (χ0) is 20.2. The average Bonchev–Trinajstić information content (AvgIpc) is 2.83. The van der Waals surface area contributed by atoms with Gasteiger partial charge < -0.3 is 24.9 Å². The average molecular weight is 372 g/mol. The Hall–Kier alpha value is -2.58. The molecule has 27 heavy (non-hydrogen) atoms. The molecule has 1 aromatic heterocycles. The first-order valence-electron chi connectivity index (χ1n) is 8.51. The summed E-state index contributed by atoms with van der Waals surface area (Å²) in [4.78, 5) is 14.6. The number of ether oxygens (including phenoxy) is 1. The molecule has 1 aromatic carbocycles. The second kappa shape index (κ2) is 7.98. The molecule has 144 valence electrons. The number of nitrogens with two attached hydrogens (primary N) is 1. The molecule has 0 amide bonds. The van der Waals surface area contributed by atoms with Gasteiger partial charge in [-0.15, -0.1) is 0 Å². The van der Waals surface area contributed by atoms with Gasteiger partial charge in [-0.1, -0.05) is 18.2 Å². The summed E-state index contributed by atoms with van der Waals surface area (Å²) in [6, 6.07) is 11.8. The van der Waals surface area contributed by atoms with Crippen LogP contribution in [0, 0.1) is 0 Å². The van der Waals surface area contributed by atoms with Crippen molar-refractivity contribution in [2.24, 2.45) is 0 Å². The minimum atomic E-state index is -0.935. The minimum absolute atomic E-state index is 0.260. The highest BCUT2D eigenvalue weighted by molar-refractivity contribution is 6.62. The Balaban J connectivity index is 0.000000244. The third-order valence-electron chi connectivity index (χ3n) is 4.64. The van der Waals surface area contributed by atoms with Gasteiger partial charge in [-0.3, -0.25) is 0 Å². The number of methoxy groups -OCH3 is 1. The third-order valence-corrected chi connectivity index (χ3v) is 4.64. The van der Waals surface area contributed by atoms with Crippen LogP contribution < -0.4 is 15.9 Å². The highest BCUT2D eigenvalue weighted by Crippen LogP contribution is 2.36. The second-order valence-electron chi connectivity index (χ2n) is 7.12. The molecule has 3 N–H and O–H groups in total. The van der Waals surface area contributed by atoms with E-state index in [1.165, 1.54) is 0 Å². The van der Waals surface area contributed by atoms with E-state index in [-0.39, 0.29) is 16.8 Å². The number of hydrogen-bond donors (Lipinski definition) is 2. The Morgan fingerprint density at radius 2 is 1.63 bits per heavy atom. The lowest BCUT2D eigenvalue weighted by Gasteiger charge is -2.32. The third kappa shape index (κ3) is 4.99. The number of aromatic carboxylic acids is 1. The molecular weight excluding hydrogens is 347 g/mol. The van der Waals surface area contributed by atoms with E-state index in [1.807, 2.05) is 27.7 Å². The fourth-order valence-electron chi connectivity index (χ4n) is 2.31. The van der Waals surface area contributed by atoms with Crippen LogP contribution in [0.5, 0.6) is 5.88 Å². The second-order valence-corrected chi connectivity index (χ2v) is 7.12. The van der Waals surface area contributed by atoms with Gasteiger partial charge in [0.25, 0.3) is 0 Å². The SMILES string of the molecule is CC1(C)OB(c2ccc(C(=O)O)cc2)OC1(C)C.COc1cccc(N)n1. The summed E-state index contributed by atoms with van der Waals surface area (Å²) in [6.07, 6.45) is 0. The van der Waals surface area contributed by atoms with Crippen LogP contribution in [0.1, 0.15) is 38.1 Å². The number of anilines is 1. The number of carboxylic acids is 1. The van der Waals surface area contributed by atoms with Crippen molar-refractivity contribution in [1.29, 1.82) is 0 Å². The number of aromatic nitrogens is 1. The largest absolute Gasteiger partial charge is 0.494 e. The maximum Gasteiger partial charge on any atom is 0.494 e. The lowest BCUT2D eigenvalue weighted by Crippen LogP contribution is -2.41. The van der Waals surface area contributed by atoms with Gasteiger partial charge in [-0.2, -0.15) is 4.98 Å². The molecule has 0 radical (unpaired) electrons. The van der Waals surface area contributed by atoms with Gasteiger partial charge in [0, 0.05) is 6.07 Å². The molecule has 0 bridgehead atoms. The summed E-state index contributed by atoms with van der Waals surface area (Å²) in [6.45, 7) is 7.94. The van der Waals surface area contributed by atoms with Crippen molar-refractivity contribution in [3.63, 3.8) is 0 Å². The summed E-state index contributed by atoms with van der Waals surface area (Å²) in [5.74, 6) is 0.0971. The highest BCUT2D eigenvalue weighted by atomic mass is 16.7. The quantitative estimate of drug-likeness (QED) is 0.797. The smallest absolute Gasteiger partial charge is 0.481 e. The topological polar surface area (TPSA) is 104 Å². The molecule has 0 saturated carbocycles. The number of nitrogen functional groups attached to an aromatic ring is 1. The first kappa shape index (κ1) is 20.7. The van der Waals surface area contributed by atoms with Crippen LogP contribution in [0.25, 0.3) is 0 Å². The van der Waals surface area contributed by atoms with Gasteiger partial charge in [-0.05, 0) is 51.4 Å². The van der Waals surface area contributed by atoms with Gasteiger partial charge in [0.1, 0.15) is 5.82 Å². The van der Waals surface area contributed by atoms with Crippen molar-refractivity contribution in [2.45, 2.75) is 38.9 Å². The van der Waals surface area contributed by atoms with Crippen LogP contribution in [0.3, 0.4) is 0 Å². The van der Waals surface area contributed by atoms with Crippen molar-refractivity contribution in [2.75, 3.05) is 12.8 Å². The lowest BCUT2D eigenvalue weighted by molar-refractivity contribution is 0.00578. The number of hydrogen-bond acceptors (Lipinski definition) is 6. The summed E-state index contributed by atoms with van der Waals surface area (Å²) < 4.78 is 16.6. The van der Waals surface area contributed by atoms with E-state index in [9.17, 15) is 4.79 Å². The molecule has 2 heterocycles. The van der Waals surface area contributed by atoms with E-state index in [0.717, 1.165) is 5.46 Å². The highest BCUT2D eigenvalue weighted by Gasteiger charge is 2.51. The zero-order valence-corrected chi connectivity index (χ0v) is 16.2. The van der Waals surface area contributed by atoms with Crippen molar-refractivity contribution < 1.29 is 23.9 Å². The Labute approximate surface area is 159 Å². The van der Waals surface area contributed by atoms with Crippen LogP contribution in [0.4, 0.5) is 5.82 Å². The van der Waals surface area contributed by atoms with Crippen LogP contribution in [-0.4, -0.2) is 41.5 Å². The van der Waals surface area contributed by atoms with E-state index < -0.39 is 13.1 Å². The Bertz CT molecular complexity index is 777. The minimum Gasteiger partial charge on any atom is -0.481 e. The molecule has 1 saturated heterocycles. The molecule has 8 heteroatoms. The predicted molar refractivity (Wildman–Crippen MR) is 104 cm³/mol. The Kier molecular flexibility index (Phi) is 6.13. The molecule has 0 aliphatic carbocycles. The van der Waals surface area contributed by atoms with E-state index in [0.29, 0.717) is 11.7 Å². The fourth-order valence-corrected chi connectivity index (χ4v) is 2.31. The van der Waals surface area contributed by atoms with E-state index in [2.05, 4.69) is 4.98 Å². The number of pyridine rings is 1. The monoisotopic (exact) mass is 372 g/mol. The number of benzene rings is 1. The number of carbonyl (C=O) groups is 1. The Morgan fingerprint density at radius 1 is 1.07 bits per heavy atom. The molecule has 0 atom stereocenters. The lowest BCUT2D eigenvalue weighted by atomic mass is 9.79. The Morgan fingerprint density at radius 3 is 2.04 bits per heavy atom. The maximum atomic E-state index is 10.8. The molecule has 3 rings (SSSR count). The van der Waals surface area contributed by atoms with Crippen molar-refractivity contribution in [1.82, 2.24) is 4.98 Å². The molecular formula is C19H25BN2O5. The zero-order valence-electron chi connectivity index (χ0n) is 16.2. The van der Waals surface area contributed by atoms with Crippen LogP contribution in [0.2, 0.25) is 0 Å². The van der Waals surface area contributed by atoms with Gasteiger partial charge >= 0.3 is 13.1 Å². The first-order valence-corrected chi connectivity index (χ1v) is 8.51. The maximum absolute atomic E-state index is 10.8. The molecule has 0 spiro atoms. The first-order chi connectivity index (χ1) is 12.6. The molecule has 1 fully saturated rings. The molecule has 0 unspecified atom stereocenters. The number of rotatable bonds is 3. The van der Waals surface area contributed by atoms with E-state index >= 15 is 0 Å². The van der Waals surface area contributed by atoms with Gasteiger partial charge in [0.15, 0.2) is 0 Å². The van der Waals surface area contributed by atoms with Gasteiger partial charge in [-0.25, -0.2) is 4.79 Å². The summed E-state index contributed by atoms with van der Waals surface area (Å²) in [5, 5.41) is 8.84. The fraction of sp³-hybridized carbons (Fsp3) is 0.368. The summed E-state index contributed by atoms with van der Waals surface area (Å²) in [5.41, 5.74) is 5.66. The molecule has 1 aliphatic rings. The molecule has 1 aliphatic heterocycles.